The number of amides is 2. The van der Waals surface area contributed by atoms with Crippen LogP contribution in [-0.4, -0.2) is 30.6 Å². The molecule has 0 aromatic heterocycles. The van der Waals surface area contributed by atoms with Gasteiger partial charge in [0.05, 0.1) is 12.3 Å². The summed E-state index contributed by atoms with van der Waals surface area (Å²) in [5, 5.41) is 2.93. The third-order valence-corrected chi connectivity index (χ3v) is 3.07. The second-order valence-electron chi connectivity index (χ2n) is 4.41. The Bertz CT molecular complexity index is 401. The molecule has 1 aromatic carbocycles. The van der Waals surface area contributed by atoms with E-state index in [-0.39, 0.29) is 6.03 Å². The van der Waals surface area contributed by atoms with E-state index in [0.717, 1.165) is 37.4 Å². The van der Waals surface area contributed by atoms with Crippen LogP contribution in [0.3, 0.4) is 0 Å². The Hall–Kier alpha value is -1.71. The first-order valence-corrected chi connectivity index (χ1v) is 6.59. The van der Waals surface area contributed by atoms with Crippen LogP contribution in [0, 0.1) is 0 Å². The topological polar surface area (TPSA) is 41.6 Å². The number of benzene rings is 1. The van der Waals surface area contributed by atoms with Crippen molar-refractivity contribution in [2.45, 2.75) is 26.2 Å². The number of para-hydroxylation sites is 2. The number of nitrogens with one attached hydrogen (secondary N) is 1. The number of piperidine rings is 1. The summed E-state index contributed by atoms with van der Waals surface area (Å²) in [5.41, 5.74) is 0.745. The van der Waals surface area contributed by atoms with E-state index < -0.39 is 0 Å². The lowest BCUT2D eigenvalue weighted by Crippen LogP contribution is -2.38. The Balaban J connectivity index is 2.01. The number of ether oxygens (including phenoxy) is 1. The molecule has 1 fully saturated rings. The van der Waals surface area contributed by atoms with Crippen molar-refractivity contribution < 1.29 is 9.53 Å². The fourth-order valence-corrected chi connectivity index (χ4v) is 2.14. The van der Waals surface area contributed by atoms with Gasteiger partial charge in [0.15, 0.2) is 0 Å². The van der Waals surface area contributed by atoms with Crippen molar-refractivity contribution >= 4 is 11.7 Å². The highest BCUT2D eigenvalue weighted by molar-refractivity contribution is 5.91. The zero-order chi connectivity index (χ0) is 12.8. The zero-order valence-corrected chi connectivity index (χ0v) is 10.8. The highest BCUT2D eigenvalue weighted by Gasteiger charge is 2.17. The van der Waals surface area contributed by atoms with Crippen molar-refractivity contribution in [1.29, 1.82) is 0 Å². The zero-order valence-electron chi connectivity index (χ0n) is 10.8. The molecular formula is C14H20N2O2. The summed E-state index contributed by atoms with van der Waals surface area (Å²) in [6.45, 7) is 4.23. The van der Waals surface area contributed by atoms with Crippen molar-refractivity contribution in [2.24, 2.45) is 0 Å². The Morgan fingerprint density at radius 1 is 1.28 bits per heavy atom. The van der Waals surface area contributed by atoms with Gasteiger partial charge >= 0.3 is 6.03 Å². The molecule has 1 saturated heterocycles. The summed E-state index contributed by atoms with van der Waals surface area (Å²) in [7, 11) is 0. The smallest absolute Gasteiger partial charge is 0.321 e. The first-order valence-electron chi connectivity index (χ1n) is 6.59. The maximum Gasteiger partial charge on any atom is 0.321 e. The fraction of sp³-hybridized carbons (Fsp3) is 0.500. The number of hydrogen-bond acceptors (Lipinski definition) is 2. The van der Waals surface area contributed by atoms with Gasteiger partial charge in [-0.25, -0.2) is 4.79 Å². The molecule has 2 rings (SSSR count). The van der Waals surface area contributed by atoms with E-state index in [9.17, 15) is 4.79 Å². The lowest BCUT2D eigenvalue weighted by atomic mass is 10.1. The van der Waals surface area contributed by atoms with E-state index in [4.69, 9.17) is 4.74 Å². The van der Waals surface area contributed by atoms with E-state index in [1.807, 2.05) is 36.1 Å². The summed E-state index contributed by atoms with van der Waals surface area (Å²) < 4.78 is 5.49. The van der Waals surface area contributed by atoms with Crippen LogP contribution in [0.5, 0.6) is 5.75 Å². The molecule has 18 heavy (non-hydrogen) atoms. The third-order valence-electron chi connectivity index (χ3n) is 3.07. The van der Waals surface area contributed by atoms with Crippen LogP contribution < -0.4 is 10.1 Å². The van der Waals surface area contributed by atoms with E-state index in [1.165, 1.54) is 6.42 Å². The number of carbonyl (C=O) groups is 1. The van der Waals surface area contributed by atoms with E-state index >= 15 is 0 Å². The highest BCUT2D eigenvalue weighted by Crippen LogP contribution is 2.24. The van der Waals surface area contributed by atoms with Crippen LogP contribution in [0.1, 0.15) is 26.2 Å². The van der Waals surface area contributed by atoms with Gasteiger partial charge in [-0.15, -0.1) is 0 Å². The Labute approximate surface area is 108 Å². The van der Waals surface area contributed by atoms with E-state index in [1.54, 1.807) is 0 Å². The van der Waals surface area contributed by atoms with Crippen LogP contribution in [0.25, 0.3) is 0 Å². The van der Waals surface area contributed by atoms with Gasteiger partial charge in [-0.1, -0.05) is 12.1 Å². The second kappa shape index (κ2) is 6.28. The van der Waals surface area contributed by atoms with Crippen LogP contribution >= 0.6 is 0 Å². The fourth-order valence-electron chi connectivity index (χ4n) is 2.14. The molecule has 0 spiro atoms. The maximum atomic E-state index is 12.1. The molecule has 2 amide bonds. The number of urea groups is 1. The largest absolute Gasteiger partial charge is 0.492 e. The van der Waals surface area contributed by atoms with Gasteiger partial charge in [0.2, 0.25) is 0 Å². The molecule has 0 radical (unpaired) electrons. The van der Waals surface area contributed by atoms with Crippen molar-refractivity contribution in [3.63, 3.8) is 0 Å². The molecule has 0 atom stereocenters. The molecule has 98 valence electrons. The predicted molar refractivity (Wildman–Crippen MR) is 72.1 cm³/mol. The molecule has 0 bridgehead atoms. The number of rotatable bonds is 3. The average Bonchev–Trinajstić information content (AvgIpc) is 2.42. The SMILES string of the molecule is CCOc1ccccc1NC(=O)N1CCCCC1. The molecule has 1 aromatic rings. The molecule has 1 aliphatic rings. The normalized spacial score (nSPS) is 15.3. The third kappa shape index (κ3) is 3.15. The minimum absolute atomic E-state index is 0.0261. The summed E-state index contributed by atoms with van der Waals surface area (Å²) in [6, 6.07) is 7.51. The maximum absolute atomic E-state index is 12.1. The Kier molecular flexibility index (Phi) is 4.45. The van der Waals surface area contributed by atoms with Crippen LogP contribution in [0.2, 0.25) is 0 Å². The summed E-state index contributed by atoms with van der Waals surface area (Å²) in [6.07, 6.45) is 3.42. The van der Waals surface area contributed by atoms with Crippen molar-refractivity contribution in [1.82, 2.24) is 4.90 Å². The molecule has 4 nitrogen and oxygen atoms in total. The summed E-state index contributed by atoms with van der Waals surface area (Å²) in [5.74, 6) is 0.727. The predicted octanol–water partition coefficient (Wildman–Crippen LogP) is 3.10. The summed E-state index contributed by atoms with van der Waals surface area (Å²) >= 11 is 0. The Morgan fingerprint density at radius 2 is 2.00 bits per heavy atom. The molecule has 0 saturated carbocycles. The minimum atomic E-state index is -0.0261. The molecule has 4 heteroatoms. The molecule has 0 unspecified atom stereocenters. The molecule has 1 heterocycles. The van der Waals surface area contributed by atoms with Crippen molar-refractivity contribution in [3.8, 4) is 5.75 Å². The molecular weight excluding hydrogens is 228 g/mol. The number of carbonyl (C=O) groups excluding carboxylic acids is 1. The number of anilines is 1. The van der Waals surface area contributed by atoms with Gasteiger partial charge in [-0.2, -0.15) is 0 Å². The lowest BCUT2D eigenvalue weighted by molar-refractivity contribution is 0.200. The molecule has 1 N–H and O–H groups in total. The second-order valence-corrected chi connectivity index (χ2v) is 4.41. The van der Waals surface area contributed by atoms with Gasteiger partial charge in [0.25, 0.3) is 0 Å². The first-order chi connectivity index (χ1) is 8.81. The van der Waals surface area contributed by atoms with Crippen molar-refractivity contribution in [2.75, 3.05) is 25.0 Å². The van der Waals surface area contributed by atoms with Gasteiger partial charge < -0.3 is 15.0 Å². The molecule has 1 aliphatic heterocycles. The van der Waals surface area contributed by atoms with Crippen molar-refractivity contribution in [3.05, 3.63) is 24.3 Å². The quantitative estimate of drug-likeness (QED) is 0.893. The van der Waals surface area contributed by atoms with Crippen LogP contribution in [0.15, 0.2) is 24.3 Å². The van der Waals surface area contributed by atoms with Gasteiger partial charge in [-0.3, -0.25) is 0 Å². The number of hydrogen-bond donors (Lipinski definition) is 1. The Morgan fingerprint density at radius 3 is 2.72 bits per heavy atom. The standard InChI is InChI=1S/C14H20N2O2/c1-2-18-13-9-5-4-8-12(13)15-14(17)16-10-6-3-7-11-16/h4-5,8-9H,2-3,6-7,10-11H2,1H3,(H,15,17). The lowest BCUT2D eigenvalue weighted by Gasteiger charge is -2.27. The number of nitrogens with zero attached hydrogens (tertiary/aromatic N) is 1. The first kappa shape index (κ1) is 12.7. The van der Waals surface area contributed by atoms with Gasteiger partial charge in [-0.05, 0) is 38.3 Å². The monoisotopic (exact) mass is 248 g/mol. The van der Waals surface area contributed by atoms with Crippen LogP contribution in [0.4, 0.5) is 10.5 Å². The van der Waals surface area contributed by atoms with Gasteiger partial charge in [0.1, 0.15) is 5.75 Å². The van der Waals surface area contributed by atoms with Crippen LogP contribution in [-0.2, 0) is 0 Å². The summed E-state index contributed by atoms with van der Waals surface area (Å²) in [4.78, 5) is 14.0. The van der Waals surface area contributed by atoms with Gasteiger partial charge in [0, 0.05) is 13.1 Å². The van der Waals surface area contributed by atoms with E-state index in [2.05, 4.69) is 5.32 Å². The molecule has 0 aliphatic carbocycles. The number of likely N-dealkylation sites (tertiary alicyclic amines) is 1. The highest BCUT2D eigenvalue weighted by atomic mass is 16.5. The minimum Gasteiger partial charge on any atom is -0.492 e. The van der Waals surface area contributed by atoms with E-state index in [0.29, 0.717) is 6.61 Å². The average molecular weight is 248 g/mol.